The highest BCUT2D eigenvalue weighted by Gasteiger charge is 2.14. The van der Waals surface area contributed by atoms with Crippen LogP contribution in [0.1, 0.15) is 12.5 Å². The smallest absolute Gasteiger partial charge is 0.0667 e. The third kappa shape index (κ3) is 1.74. The van der Waals surface area contributed by atoms with E-state index in [0.29, 0.717) is 0 Å². The van der Waals surface area contributed by atoms with Crippen LogP contribution in [0, 0.1) is 6.92 Å². The van der Waals surface area contributed by atoms with Gasteiger partial charge in [-0.1, -0.05) is 30.3 Å². The van der Waals surface area contributed by atoms with Gasteiger partial charge < -0.3 is 0 Å². The molecule has 10 heavy (non-hydrogen) atoms. The van der Waals surface area contributed by atoms with Crippen LogP contribution < -0.4 is 0 Å². The number of hydrogen-bond acceptors (Lipinski definition) is 0. The summed E-state index contributed by atoms with van der Waals surface area (Å²) in [6.07, 6.45) is 0. The third-order valence-corrected chi connectivity index (χ3v) is 1.59. The van der Waals surface area contributed by atoms with E-state index in [9.17, 15) is 0 Å². The molecule has 0 saturated carbocycles. The highest BCUT2D eigenvalue weighted by molar-refractivity contribution is 6.24. The summed E-state index contributed by atoms with van der Waals surface area (Å²) in [6.45, 7) is 5.68. The molecule has 1 aromatic rings. The van der Waals surface area contributed by atoms with Crippen molar-refractivity contribution in [3.8, 4) is 0 Å². The average Bonchev–Trinajstić information content (AvgIpc) is 1.88. The maximum Gasteiger partial charge on any atom is 0.0667 e. The van der Waals surface area contributed by atoms with Crippen LogP contribution in [0.25, 0.3) is 0 Å². The van der Waals surface area contributed by atoms with Gasteiger partial charge in [-0.2, -0.15) is 0 Å². The van der Waals surface area contributed by atoms with Crippen molar-refractivity contribution in [1.29, 1.82) is 0 Å². The zero-order valence-electron chi connectivity index (χ0n) is 5.97. The Kier molecular flexibility index (Phi) is 2.00. The molecule has 1 heteroatoms. The number of halogens is 1. The van der Waals surface area contributed by atoms with E-state index in [1.54, 1.807) is 0 Å². The Morgan fingerprint density at radius 1 is 1.30 bits per heavy atom. The van der Waals surface area contributed by atoms with E-state index in [1.807, 2.05) is 37.3 Å². The fraction of sp³-hybridized carbons (Fsp3) is 0.222. The number of rotatable bonds is 1. The van der Waals surface area contributed by atoms with E-state index < -0.39 is 4.87 Å². The number of hydrogen-bond donors (Lipinski definition) is 0. The van der Waals surface area contributed by atoms with Gasteiger partial charge in [0.1, 0.15) is 0 Å². The lowest BCUT2D eigenvalue weighted by molar-refractivity contribution is 0.858. The Bertz CT molecular complexity index is 196. The largest absolute Gasteiger partial charge is 0.114 e. The van der Waals surface area contributed by atoms with Crippen molar-refractivity contribution in [1.82, 2.24) is 0 Å². The minimum Gasteiger partial charge on any atom is -0.114 e. The molecule has 1 atom stereocenters. The lowest BCUT2D eigenvalue weighted by Crippen LogP contribution is -2.06. The molecule has 0 saturated heterocycles. The predicted molar refractivity (Wildman–Crippen MR) is 45.0 cm³/mol. The maximum atomic E-state index is 5.95. The summed E-state index contributed by atoms with van der Waals surface area (Å²) in [5.41, 5.74) is 1.05. The quantitative estimate of drug-likeness (QED) is 0.545. The van der Waals surface area contributed by atoms with Gasteiger partial charge in [0.25, 0.3) is 0 Å². The van der Waals surface area contributed by atoms with Crippen molar-refractivity contribution >= 4 is 11.6 Å². The first-order chi connectivity index (χ1) is 4.61. The molecule has 1 unspecified atom stereocenters. The van der Waals surface area contributed by atoms with E-state index in [0.717, 1.165) is 5.56 Å². The highest BCUT2D eigenvalue weighted by atomic mass is 35.5. The third-order valence-electron chi connectivity index (χ3n) is 1.38. The molecular formula is C9H10Cl. The highest BCUT2D eigenvalue weighted by Crippen LogP contribution is 2.25. The van der Waals surface area contributed by atoms with Crippen LogP contribution in [0.15, 0.2) is 30.3 Å². The SMILES string of the molecule is [CH2]C(C)(Cl)c1ccccc1. The van der Waals surface area contributed by atoms with Crippen LogP contribution >= 0.6 is 11.6 Å². The second-order valence-electron chi connectivity index (χ2n) is 2.56. The van der Waals surface area contributed by atoms with Crippen LogP contribution in [-0.2, 0) is 4.87 Å². The van der Waals surface area contributed by atoms with Gasteiger partial charge in [-0.3, -0.25) is 0 Å². The van der Waals surface area contributed by atoms with Crippen LogP contribution in [0.4, 0.5) is 0 Å². The second-order valence-corrected chi connectivity index (χ2v) is 3.40. The fourth-order valence-corrected chi connectivity index (χ4v) is 0.912. The molecule has 0 heterocycles. The summed E-state index contributed by atoms with van der Waals surface area (Å²) < 4.78 is 0. The minimum absolute atomic E-state index is 0.485. The molecule has 0 aliphatic heterocycles. The van der Waals surface area contributed by atoms with Gasteiger partial charge in [0.05, 0.1) is 4.87 Å². The Balaban J connectivity index is 2.97. The molecule has 0 nitrogen and oxygen atoms in total. The van der Waals surface area contributed by atoms with E-state index in [2.05, 4.69) is 6.92 Å². The molecule has 0 aromatic heterocycles. The molecule has 0 amide bonds. The van der Waals surface area contributed by atoms with Crippen molar-refractivity contribution in [2.75, 3.05) is 0 Å². The van der Waals surface area contributed by atoms with Gasteiger partial charge in [0, 0.05) is 0 Å². The van der Waals surface area contributed by atoms with Crippen molar-refractivity contribution in [3.05, 3.63) is 42.8 Å². The van der Waals surface area contributed by atoms with E-state index in [1.165, 1.54) is 0 Å². The molecule has 1 aromatic carbocycles. The standard InChI is InChI=1S/C9H10Cl/c1-9(2,10)8-6-4-3-5-7-8/h3-7H,1H2,2H3. The molecule has 0 spiro atoms. The first kappa shape index (κ1) is 7.62. The van der Waals surface area contributed by atoms with Gasteiger partial charge in [-0.05, 0) is 19.4 Å². The molecule has 53 valence electrons. The Morgan fingerprint density at radius 3 is 2.10 bits per heavy atom. The molecule has 0 N–H and O–H groups in total. The normalized spacial score (nSPS) is 11.5. The summed E-state index contributed by atoms with van der Waals surface area (Å²) in [4.78, 5) is -0.485. The zero-order valence-corrected chi connectivity index (χ0v) is 6.73. The number of alkyl halides is 1. The topological polar surface area (TPSA) is 0 Å². The maximum absolute atomic E-state index is 5.95. The van der Waals surface area contributed by atoms with Crippen LogP contribution in [0.3, 0.4) is 0 Å². The van der Waals surface area contributed by atoms with Crippen molar-refractivity contribution < 1.29 is 0 Å². The lowest BCUT2D eigenvalue weighted by atomic mass is 10.0. The first-order valence-corrected chi connectivity index (χ1v) is 3.58. The Hall–Kier alpha value is -0.490. The minimum atomic E-state index is -0.485. The summed E-state index contributed by atoms with van der Waals surface area (Å²) in [6, 6.07) is 9.83. The van der Waals surface area contributed by atoms with Crippen LogP contribution in [0.5, 0.6) is 0 Å². The molecule has 0 aliphatic carbocycles. The van der Waals surface area contributed by atoms with Gasteiger partial charge in [-0.15, -0.1) is 11.6 Å². The van der Waals surface area contributed by atoms with E-state index in [-0.39, 0.29) is 0 Å². The van der Waals surface area contributed by atoms with E-state index in [4.69, 9.17) is 11.6 Å². The van der Waals surface area contributed by atoms with Crippen LogP contribution in [0.2, 0.25) is 0 Å². The fourth-order valence-electron chi connectivity index (χ4n) is 0.786. The van der Waals surface area contributed by atoms with Gasteiger partial charge in [0.15, 0.2) is 0 Å². The Morgan fingerprint density at radius 2 is 1.80 bits per heavy atom. The lowest BCUT2D eigenvalue weighted by Gasteiger charge is -2.14. The molecule has 0 fully saturated rings. The molecule has 1 radical (unpaired) electrons. The van der Waals surface area contributed by atoms with Crippen molar-refractivity contribution in [2.24, 2.45) is 0 Å². The summed E-state index contributed by atoms with van der Waals surface area (Å²) in [7, 11) is 0. The van der Waals surface area contributed by atoms with Gasteiger partial charge in [0.2, 0.25) is 0 Å². The Labute approximate surface area is 66.8 Å². The average molecular weight is 154 g/mol. The molecule has 0 bridgehead atoms. The summed E-state index contributed by atoms with van der Waals surface area (Å²) >= 11 is 5.95. The molecule has 0 aliphatic rings. The predicted octanol–water partition coefficient (Wildman–Crippen LogP) is 2.97. The number of benzene rings is 1. The van der Waals surface area contributed by atoms with Crippen molar-refractivity contribution in [3.63, 3.8) is 0 Å². The summed E-state index contributed by atoms with van der Waals surface area (Å²) in [5.74, 6) is 0. The first-order valence-electron chi connectivity index (χ1n) is 3.20. The monoisotopic (exact) mass is 153 g/mol. The molecule has 1 rings (SSSR count). The van der Waals surface area contributed by atoms with Gasteiger partial charge >= 0.3 is 0 Å². The summed E-state index contributed by atoms with van der Waals surface area (Å²) in [5, 5.41) is 0. The van der Waals surface area contributed by atoms with Crippen molar-refractivity contribution in [2.45, 2.75) is 11.8 Å². The van der Waals surface area contributed by atoms with Crippen LogP contribution in [-0.4, -0.2) is 0 Å². The zero-order chi connectivity index (χ0) is 7.61. The van der Waals surface area contributed by atoms with Gasteiger partial charge in [-0.25, -0.2) is 0 Å². The van der Waals surface area contributed by atoms with E-state index >= 15 is 0 Å². The second kappa shape index (κ2) is 2.63. The molecular weight excluding hydrogens is 144 g/mol.